The molecule has 1 aliphatic heterocycles. The minimum Gasteiger partial charge on any atom is -0.430 e. The molecule has 5 heteroatoms. The Bertz CT molecular complexity index is 704. The summed E-state index contributed by atoms with van der Waals surface area (Å²) in [5.74, 6) is 0.475. The monoisotopic (exact) mass is 314 g/mol. The molecule has 0 radical (unpaired) electrons. The van der Waals surface area contributed by atoms with Gasteiger partial charge in [0.1, 0.15) is 6.61 Å². The summed E-state index contributed by atoms with van der Waals surface area (Å²) in [6.45, 7) is 6.62. The first kappa shape index (κ1) is 15.6. The van der Waals surface area contributed by atoms with Crippen LogP contribution in [-0.2, 0) is 9.47 Å². The fraction of sp³-hybridized carbons (Fsp3) is 0.444. The molecule has 1 aliphatic rings. The number of cyclic esters (lactones) is 2. The lowest BCUT2D eigenvalue weighted by atomic mass is 9.91. The summed E-state index contributed by atoms with van der Waals surface area (Å²) in [6, 6.07) is 8.29. The van der Waals surface area contributed by atoms with Crippen LogP contribution in [0.25, 0.3) is 5.69 Å². The number of hydrogen-bond donors (Lipinski definition) is 0. The molecule has 0 saturated carbocycles. The third-order valence-corrected chi connectivity index (χ3v) is 4.37. The van der Waals surface area contributed by atoms with Gasteiger partial charge in [-0.05, 0) is 55.0 Å². The number of aryl methyl sites for hydroxylation is 1. The normalized spacial score (nSPS) is 17.4. The minimum absolute atomic E-state index is 0.267. The lowest BCUT2D eigenvalue weighted by Gasteiger charge is -2.18. The van der Waals surface area contributed by atoms with Crippen LogP contribution in [0.1, 0.15) is 55.5 Å². The van der Waals surface area contributed by atoms with Crippen LogP contribution in [0.5, 0.6) is 0 Å². The van der Waals surface area contributed by atoms with Crippen LogP contribution in [0.4, 0.5) is 4.79 Å². The first-order valence-corrected chi connectivity index (χ1v) is 8.11. The third-order valence-electron chi connectivity index (χ3n) is 4.37. The summed E-state index contributed by atoms with van der Waals surface area (Å²) < 4.78 is 12.1. The first-order valence-electron chi connectivity index (χ1n) is 8.11. The molecule has 1 unspecified atom stereocenters. The summed E-state index contributed by atoms with van der Waals surface area (Å²) in [5, 5.41) is 4.49. The Labute approximate surface area is 136 Å². The van der Waals surface area contributed by atoms with E-state index in [9.17, 15) is 4.79 Å². The van der Waals surface area contributed by atoms with Crippen molar-refractivity contribution in [2.45, 2.75) is 45.6 Å². The van der Waals surface area contributed by atoms with Gasteiger partial charge in [0.15, 0.2) is 6.10 Å². The summed E-state index contributed by atoms with van der Waals surface area (Å²) in [4.78, 5) is 11.3. The molecule has 2 aromatic rings. The van der Waals surface area contributed by atoms with Crippen LogP contribution >= 0.6 is 0 Å². The predicted octanol–water partition coefficient (Wildman–Crippen LogP) is 4.29. The van der Waals surface area contributed by atoms with E-state index in [1.165, 1.54) is 5.56 Å². The van der Waals surface area contributed by atoms with Crippen molar-refractivity contribution >= 4 is 6.16 Å². The first-order chi connectivity index (χ1) is 11.1. The Morgan fingerprint density at radius 1 is 1.30 bits per heavy atom. The molecule has 122 valence electrons. The smallest absolute Gasteiger partial charge is 0.430 e. The summed E-state index contributed by atoms with van der Waals surface area (Å²) in [6.07, 6.45) is 3.14. The third kappa shape index (κ3) is 3.23. The van der Waals surface area contributed by atoms with Gasteiger partial charge in [-0.2, -0.15) is 5.10 Å². The zero-order valence-corrected chi connectivity index (χ0v) is 13.8. The maximum atomic E-state index is 11.3. The van der Waals surface area contributed by atoms with E-state index in [0.29, 0.717) is 5.92 Å². The van der Waals surface area contributed by atoms with Gasteiger partial charge in [-0.3, -0.25) is 0 Å². The van der Waals surface area contributed by atoms with E-state index in [1.807, 2.05) is 29.9 Å². The molecule has 1 aromatic heterocycles. The van der Waals surface area contributed by atoms with E-state index in [2.05, 4.69) is 31.1 Å². The molecular formula is C18H22N2O3. The van der Waals surface area contributed by atoms with E-state index < -0.39 is 6.16 Å². The Balaban J connectivity index is 2.04. The molecule has 0 aliphatic carbocycles. The van der Waals surface area contributed by atoms with Gasteiger partial charge in [0.2, 0.25) is 0 Å². The average Bonchev–Trinajstić information content (AvgIpc) is 3.17. The number of aromatic nitrogens is 2. The fourth-order valence-electron chi connectivity index (χ4n) is 3.02. The van der Waals surface area contributed by atoms with Gasteiger partial charge >= 0.3 is 6.16 Å². The topological polar surface area (TPSA) is 53.4 Å². The Morgan fingerprint density at radius 2 is 2.09 bits per heavy atom. The zero-order chi connectivity index (χ0) is 16.4. The molecule has 1 aromatic carbocycles. The molecule has 0 amide bonds. The van der Waals surface area contributed by atoms with Gasteiger partial charge in [0.25, 0.3) is 0 Å². The van der Waals surface area contributed by atoms with Crippen LogP contribution in [0.3, 0.4) is 0 Å². The van der Waals surface area contributed by atoms with Gasteiger partial charge in [-0.1, -0.05) is 19.9 Å². The molecule has 0 bridgehead atoms. The van der Waals surface area contributed by atoms with Gasteiger partial charge in [-0.25, -0.2) is 9.48 Å². The van der Waals surface area contributed by atoms with E-state index >= 15 is 0 Å². The van der Waals surface area contributed by atoms with E-state index in [1.54, 1.807) is 0 Å². The van der Waals surface area contributed by atoms with Crippen molar-refractivity contribution in [3.63, 3.8) is 0 Å². The number of hydrogen-bond acceptors (Lipinski definition) is 4. The Hall–Kier alpha value is -2.30. The van der Waals surface area contributed by atoms with Gasteiger partial charge in [0.05, 0.1) is 11.4 Å². The predicted molar refractivity (Wildman–Crippen MR) is 86.8 cm³/mol. The van der Waals surface area contributed by atoms with Crippen molar-refractivity contribution in [3.8, 4) is 5.69 Å². The zero-order valence-electron chi connectivity index (χ0n) is 13.8. The summed E-state index contributed by atoms with van der Waals surface area (Å²) in [7, 11) is 0. The highest BCUT2D eigenvalue weighted by Crippen LogP contribution is 2.31. The van der Waals surface area contributed by atoms with Crippen LogP contribution in [0.2, 0.25) is 0 Å². The molecule has 0 spiro atoms. The molecular weight excluding hydrogens is 292 g/mol. The Kier molecular flexibility index (Phi) is 4.37. The molecule has 2 heterocycles. The van der Waals surface area contributed by atoms with Gasteiger partial charge in [-0.15, -0.1) is 0 Å². The molecule has 1 atom stereocenters. The van der Waals surface area contributed by atoms with E-state index in [-0.39, 0.29) is 12.7 Å². The van der Waals surface area contributed by atoms with Gasteiger partial charge < -0.3 is 9.47 Å². The van der Waals surface area contributed by atoms with Crippen molar-refractivity contribution < 1.29 is 14.3 Å². The van der Waals surface area contributed by atoms with Crippen molar-refractivity contribution in [1.82, 2.24) is 9.78 Å². The quantitative estimate of drug-likeness (QED) is 0.772. The number of carbonyl (C=O) groups is 1. The molecule has 5 nitrogen and oxygen atoms in total. The van der Waals surface area contributed by atoms with Crippen molar-refractivity contribution in [2.75, 3.05) is 6.61 Å². The average molecular weight is 314 g/mol. The second-order valence-corrected chi connectivity index (χ2v) is 5.94. The van der Waals surface area contributed by atoms with Crippen LogP contribution in [0.15, 0.2) is 30.5 Å². The standard InChI is InChI=1S/C18H22N2O3/c1-4-13(5-2)14-8-15(17-11-22-18(21)23-17)10-16(9-14)20-7-6-12(3)19-20/h6-10,13,17H,4-5,11H2,1-3H3. The van der Waals surface area contributed by atoms with Crippen LogP contribution in [0, 0.1) is 6.92 Å². The highest BCUT2D eigenvalue weighted by molar-refractivity contribution is 5.62. The van der Waals surface area contributed by atoms with E-state index in [4.69, 9.17) is 9.47 Å². The maximum absolute atomic E-state index is 11.3. The van der Waals surface area contributed by atoms with Crippen molar-refractivity contribution in [1.29, 1.82) is 0 Å². The molecule has 1 fully saturated rings. The van der Waals surface area contributed by atoms with Crippen molar-refractivity contribution in [3.05, 3.63) is 47.3 Å². The van der Waals surface area contributed by atoms with Crippen LogP contribution in [-0.4, -0.2) is 22.5 Å². The molecule has 3 rings (SSSR count). The number of rotatable bonds is 5. The maximum Gasteiger partial charge on any atom is 0.509 e. The number of nitrogens with zero attached hydrogens (tertiary/aromatic N) is 2. The summed E-state index contributed by atoms with van der Waals surface area (Å²) in [5.41, 5.74) is 4.16. The lowest BCUT2D eigenvalue weighted by molar-refractivity contribution is 0.118. The second kappa shape index (κ2) is 6.44. The van der Waals surface area contributed by atoms with Crippen LogP contribution < -0.4 is 0 Å². The Morgan fingerprint density at radius 3 is 2.65 bits per heavy atom. The largest absolute Gasteiger partial charge is 0.509 e. The van der Waals surface area contributed by atoms with E-state index in [0.717, 1.165) is 29.8 Å². The number of benzene rings is 1. The highest BCUT2D eigenvalue weighted by atomic mass is 16.8. The second-order valence-electron chi connectivity index (χ2n) is 5.94. The fourth-order valence-corrected chi connectivity index (χ4v) is 3.02. The lowest BCUT2D eigenvalue weighted by Crippen LogP contribution is -2.06. The molecule has 1 saturated heterocycles. The van der Waals surface area contributed by atoms with Gasteiger partial charge in [0, 0.05) is 6.20 Å². The summed E-state index contributed by atoms with van der Waals surface area (Å²) >= 11 is 0. The molecule has 0 N–H and O–H groups in total. The highest BCUT2D eigenvalue weighted by Gasteiger charge is 2.27. The minimum atomic E-state index is -0.598. The number of carbonyl (C=O) groups excluding carboxylic acids is 1. The van der Waals surface area contributed by atoms with Crippen molar-refractivity contribution in [2.24, 2.45) is 0 Å². The number of ether oxygens (including phenoxy) is 2. The molecule has 23 heavy (non-hydrogen) atoms. The SMILES string of the molecule is CCC(CC)c1cc(C2COC(=O)O2)cc(-n2ccc(C)n2)c1.